The molecule has 0 heterocycles. The van der Waals surface area contributed by atoms with Crippen molar-refractivity contribution in [2.75, 3.05) is 0 Å². The summed E-state index contributed by atoms with van der Waals surface area (Å²) in [7, 11) is 0. The Morgan fingerprint density at radius 1 is 1.61 bits per heavy atom. The summed E-state index contributed by atoms with van der Waals surface area (Å²) in [6, 6.07) is 4.69. The van der Waals surface area contributed by atoms with Gasteiger partial charge in [0, 0.05) is 5.56 Å². The van der Waals surface area contributed by atoms with E-state index in [0.29, 0.717) is 12.0 Å². The molecule has 0 saturated heterocycles. The van der Waals surface area contributed by atoms with Gasteiger partial charge in [-0.25, -0.2) is 5.84 Å². The molecule has 0 aliphatic heterocycles. The number of nitrogens with two attached hydrogens (primary N) is 1. The first-order valence-electron chi connectivity index (χ1n) is 5.42. The van der Waals surface area contributed by atoms with Gasteiger partial charge in [0.2, 0.25) is 0 Å². The standard InChI is InChI=1S/C11H15N3O4/c1-3-8(11(15)13-12)18-9-6-4-5-7(2)10(9)14(16)17/h4-6,8H,3,12H2,1-2H3,(H,13,15). The fraction of sp³-hybridized carbons (Fsp3) is 0.364. The SMILES string of the molecule is CCC(Oc1cccc(C)c1[N+](=O)[O-])C(=O)NN. The topological polar surface area (TPSA) is 107 Å². The molecule has 98 valence electrons. The Morgan fingerprint density at radius 3 is 2.78 bits per heavy atom. The molecule has 1 aromatic carbocycles. The van der Waals surface area contributed by atoms with E-state index in [-0.39, 0.29) is 11.4 Å². The molecule has 7 nitrogen and oxygen atoms in total. The number of nitro groups is 1. The van der Waals surface area contributed by atoms with E-state index in [0.717, 1.165) is 0 Å². The average Bonchev–Trinajstić information content (AvgIpc) is 2.34. The summed E-state index contributed by atoms with van der Waals surface area (Å²) < 4.78 is 5.36. The molecule has 3 N–H and O–H groups in total. The van der Waals surface area contributed by atoms with Gasteiger partial charge in [0.15, 0.2) is 11.9 Å². The van der Waals surface area contributed by atoms with E-state index in [1.54, 1.807) is 26.0 Å². The molecule has 0 fully saturated rings. The lowest BCUT2D eigenvalue weighted by molar-refractivity contribution is -0.386. The van der Waals surface area contributed by atoms with Crippen LogP contribution in [-0.4, -0.2) is 16.9 Å². The number of nitrogens with one attached hydrogen (secondary N) is 1. The number of benzene rings is 1. The molecule has 1 rings (SSSR count). The van der Waals surface area contributed by atoms with E-state index >= 15 is 0 Å². The summed E-state index contributed by atoms with van der Waals surface area (Å²) in [5.74, 6) is 4.56. The second-order valence-corrected chi connectivity index (χ2v) is 3.70. The van der Waals surface area contributed by atoms with Crippen molar-refractivity contribution in [3.63, 3.8) is 0 Å². The van der Waals surface area contributed by atoms with Gasteiger partial charge >= 0.3 is 5.69 Å². The number of hydrogen-bond donors (Lipinski definition) is 2. The summed E-state index contributed by atoms with van der Waals surface area (Å²) >= 11 is 0. The van der Waals surface area contributed by atoms with Crippen molar-refractivity contribution in [1.29, 1.82) is 0 Å². The Morgan fingerprint density at radius 2 is 2.28 bits per heavy atom. The van der Waals surface area contributed by atoms with Gasteiger partial charge in [-0.1, -0.05) is 19.1 Å². The zero-order chi connectivity index (χ0) is 13.7. The summed E-state index contributed by atoms with van der Waals surface area (Å²) in [6.07, 6.45) is -0.496. The van der Waals surface area contributed by atoms with Crippen molar-refractivity contribution in [3.8, 4) is 5.75 Å². The van der Waals surface area contributed by atoms with Crippen LogP contribution in [0.1, 0.15) is 18.9 Å². The highest BCUT2D eigenvalue weighted by Gasteiger charge is 2.24. The molecule has 0 saturated carbocycles. The largest absolute Gasteiger partial charge is 0.473 e. The number of nitro benzene ring substituents is 1. The third kappa shape index (κ3) is 2.95. The Labute approximate surface area is 104 Å². The van der Waals surface area contributed by atoms with Crippen molar-refractivity contribution >= 4 is 11.6 Å². The number of amides is 1. The zero-order valence-electron chi connectivity index (χ0n) is 10.2. The van der Waals surface area contributed by atoms with E-state index in [1.165, 1.54) is 6.07 Å². The molecule has 0 bridgehead atoms. The van der Waals surface area contributed by atoms with Gasteiger partial charge in [0.05, 0.1) is 4.92 Å². The quantitative estimate of drug-likeness (QED) is 0.353. The summed E-state index contributed by atoms with van der Waals surface area (Å²) in [6.45, 7) is 3.33. The lowest BCUT2D eigenvalue weighted by Crippen LogP contribution is -2.41. The van der Waals surface area contributed by atoms with Crippen LogP contribution < -0.4 is 16.0 Å². The number of hydrazine groups is 1. The fourth-order valence-corrected chi connectivity index (χ4v) is 1.53. The summed E-state index contributed by atoms with van der Waals surface area (Å²) in [4.78, 5) is 21.8. The number of para-hydroxylation sites is 1. The first-order chi connectivity index (χ1) is 8.51. The van der Waals surface area contributed by atoms with Crippen molar-refractivity contribution in [2.24, 2.45) is 5.84 Å². The predicted octanol–water partition coefficient (Wildman–Crippen LogP) is 1.05. The van der Waals surface area contributed by atoms with Crippen molar-refractivity contribution in [2.45, 2.75) is 26.4 Å². The fourth-order valence-electron chi connectivity index (χ4n) is 1.53. The number of carbonyl (C=O) groups excluding carboxylic acids is 1. The highest BCUT2D eigenvalue weighted by atomic mass is 16.6. The number of carbonyl (C=O) groups is 1. The monoisotopic (exact) mass is 253 g/mol. The van der Waals surface area contributed by atoms with Gasteiger partial charge < -0.3 is 4.74 Å². The molecular formula is C11H15N3O4. The lowest BCUT2D eigenvalue weighted by Gasteiger charge is -2.16. The Bertz CT molecular complexity index is 462. The van der Waals surface area contributed by atoms with E-state index < -0.39 is 16.9 Å². The number of aryl methyl sites for hydroxylation is 1. The van der Waals surface area contributed by atoms with E-state index in [4.69, 9.17) is 10.6 Å². The molecule has 18 heavy (non-hydrogen) atoms. The smallest absolute Gasteiger partial charge is 0.313 e. The van der Waals surface area contributed by atoms with Gasteiger partial charge in [-0.15, -0.1) is 0 Å². The maximum Gasteiger partial charge on any atom is 0.313 e. The highest BCUT2D eigenvalue weighted by molar-refractivity contribution is 5.80. The van der Waals surface area contributed by atoms with Crippen LogP contribution in [0, 0.1) is 17.0 Å². The minimum absolute atomic E-state index is 0.0652. The second kappa shape index (κ2) is 5.97. The normalized spacial score (nSPS) is 11.7. The molecule has 1 aromatic rings. The number of rotatable bonds is 5. The molecule has 7 heteroatoms. The minimum Gasteiger partial charge on any atom is -0.473 e. The van der Waals surface area contributed by atoms with Crippen LogP contribution in [-0.2, 0) is 4.79 Å². The predicted molar refractivity (Wildman–Crippen MR) is 64.9 cm³/mol. The van der Waals surface area contributed by atoms with Crippen LogP contribution in [0.5, 0.6) is 5.75 Å². The molecule has 1 amide bonds. The van der Waals surface area contributed by atoms with Gasteiger partial charge in [-0.3, -0.25) is 20.3 Å². The number of nitrogens with zero attached hydrogens (tertiary/aromatic N) is 1. The highest BCUT2D eigenvalue weighted by Crippen LogP contribution is 2.31. The van der Waals surface area contributed by atoms with Crippen molar-refractivity contribution < 1.29 is 14.5 Å². The molecule has 0 aliphatic carbocycles. The molecule has 0 spiro atoms. The average molecular weight is 253 g/mol. The molecule has 1 unspecified atom stereocenters. The van der Waals surface area contributed by atoms with E-state index in [9.17, 15) is 14.9 Å². The van der Waals surface area contributed by atoms with E-state index in [1.807, 2.05) is 5.43 Å². The summed E-state index contributed by atoms with van der Waals surface area (Å²) in [5.41, 5.74) is 2.30. The van der Waals surface area contributed by atoms with Crippen molar-refractivity contribution in [1.82, 2.24) is 5.43 Å². The molecule has 1 atom stereocenters. The Balaban J connectivity index is 3.06. The molecule has 0 radical (unpaired) electrons. The van der Waals surface area contributed by atoms with Crippen LogP contribution in [0.15, 0.2) is 18.2 Å². The lowest BCUT2D eigenvalue weighted by atomic mass is 10.2. The minimum atomic E-state index is -0.851. The van der Waals surface area contributed by atoms with Crippen molar-refractivity contribution in [3.05, 3.63) is 33.9 Å². The van der Waals surface area contributed by atoms with Gasteiger partial charge in [0.1, 0.15) is 0 Å². The number of ether oxygens (including phenoxy) is 1. The number of hydrogen-bond acceptors (Lipinski definition) is 5. The molecule has 0 aliphatic rings. The maximum atomic E-state index is 11.4. The van der Waals surface area contributed by atoms with Gasteiger partial charge in [-0.05, 0) is 19.4 Å². The Hall–Kier alpha value is -2.15. The van der Waals surface area contributed by atoms with Gasteiger partial charge in [-0.2, -0.15) is 0 Å². The zero-order valence-corrected chi connectivity index (χ0v) is 10.2. The third-order valence-electron chi connectivity index (χ3n) is 2.46. The Kier molecular flexibility index (Phi) is 4.61. The van der Waals surface area contributed by atoms with Crippen LogP contribution in [0.4, 0.5) is 5.69 Å². The summed E-state index contributed by atoms with van der Waals surface area (Å²) in [5, 5.41) is 11.0. The first kappa shape index (κ1) is 13.9. The van der Waals surface area contributed by atoms with Crippen LogP contribution in [0.2, 0.25) is 0 Å². The molecule has 0 aromatic heterocycles. The third-order valence-corrected chi connectivity index (χ3v) is 2.46. The second-order valence-electron chi connectivity index (χ2n) is 3.70. The first-order valence-corrected chi connectivity index (χ1v) is 5.42. The molecular weight excluding hydrogens is 238 g/mol. The van der Waals surface area contributed by atoms with Crippen LogP contribution >= 0.6 is 0 Å². The van der Waals surface area contributed by atoms with E-state index in [2.05, 4.69) is 0 Å². The van der Waals surface area contributed by atoms with Crippen LogP contribution in [0.25, 0.3) is 0 Å². The maximum absolute atomic E-state index is 11.4. The van der Waals surface area contributed by atoms with Gasteiger partial charge in [0.25, 0.3) is 5.91 Å². The van der Waals surface area contributed by atoms with Crippen LogP contribution in [0.3, 0.4) is 0 Å².